The lowest BCUT2D eigenvalue weighted by Gasteiger charge is -2.17. The van der Waals surface area contributed by atoms with Gasteiger partial charge in [0, 0.05) is 23.6 Å². The Morgan fingerprint density at radius 2 is 1.72 bits per heavy atom. The molecule has 1 N–H and O–H groups in total. The first kappa shape index (κ1) is 24.0. The Bertz CT molecular complexity index is 1150. The summed E-state index contributed by atoms with van der Waals surface area (Å²) in [7, 11) is -3.56. The first-order valence-corrected chi connectivity index (χ1v) is 12.8. The van der Waals surface area contributed by atoms with E-state index in [-0.39, 0.29) is 23.1 Å². The summed E-state index contributed by atoms with van der Waals surface area (Å²) in [5.74, 6) is -0.188. The zero-order valence-electron chi connectivity index (χ0n) is 19.2. The molecule has 0 aliphatic rings. The summed E-state index contributed by atoms with van der Waals surface area (Å²) in [6, 6.07) is 14.9. The van der Waals surface area contributed by atoms with Gasteiger partial charge in [-0.2, -0.15) is 0 Å². The number of carbonyl (C=O) groups is 1. The molecular formula is C25H33N3O3S. The fourth-order valence-corrected chi connectivity index (χ4v) is 5.44. The standard InChI is InChI=1S/C25H33N3O3S/c1-4-27(5-2)16-8-15-26-25(29)18-28-17-24(22-9-6-7-10-23(22)28)32(30,31)19-21-13-11-20(3)12-14-21/h6-7,9-14,17H,4-5,8,15-16,18-19H2,1-3H3,(H,26,29). The van der Waals surface area contributed by atoms with E-state index in [1.165, 1.54) is 0 Å². The number of carbonyl (C=O) groups excluding carboxylic acids is 1. The monoisotopic (exact) mass is 455 g/mol. The summed E-state index contributed by atoms with van der Waals surface area (Å²) >= 11 is 0. The molecule has 3 rings (SSSR count). The van der Waals surface area contributed by atoms with E-state index < -0.39 is 9.84 Å². The van der Waals surface area contributed by atoms with Crippen molar-refractivity contribution in [2.24, 2.45) is 0 Å². The summed E-state index contributed by atoms with van der Waals surface area (Å²) < 4.78 is 28.2. The predicted molar refractivity (Wildman–Crippen MR) is 129 cm³/mol. The summed E-state index contributed by atoms with van der Waals surface area (Å²) in [6.07, 6.45) is 2.49. The van der Waals surface area contributed by atoms with Crippen LogP contribution in [0.15, 0.2) is 59.6 Å². The topological polar surface area (TPSA) is 71.4 Å². The van der Waals surface area contributed by atoms with Crippen molar-refractivity contribution < 1.29 is 13.2 Å². The number of amides is 1. The van der Waals surface area contributed by atoms with Gasteiger partial charge in [-0.05, 0) is 44.6 Å². The number of nitrogens with zero attached hydrogens (tertiary/aromatic N) is 2. The average molecular weight is 456 g/mol. The summed E-state index contributed by atoms with van der Waals surface area (Å²) in [4.78, 5) is 15.1. The molecule has 0 unspecified atom stereocenters. The van der Waals surface area contributed by atoms with Gasteiger partial charge in [0.2, 0.25) is 5.91 Å². The zero-order chi connectivity index (χ0) is 23.1. The van der Waals surface area contributed by atoms with Crippen molar-refractivity contribution in [2.45, 2.75) is 44.4 Å². The number of sulfone groups is 1. The largest absolute Gasteiger partial charge is 0.355 e. The average Bonchev–Trinajstić information content (AvgIpc) is 3.15. The number of hydrogen-bond acceptors (Lipinski definition) is 4. The molecule has 0 radical (unpaired) electrons. The van der Waals surface area contributed by atoms with E-state index in [0.29, 0.717) is 11.9 Å². The molecule has 3 aromatic rings. The van der Waals surface area contributed by atoms with Crippen LogP contribution >= 0.6 is 0 Å². The predicted octanol–water partition coefficient (Wildman–Crippen LogP) is 3.77. The second-order valence-electron chi connectivity index (χ2n) is 8.11. The smallest absolute Gasteiger partial charge is 0.239 e. The zero-order valence-corrected chi connectivity index (χ0v) is 20.0. The van der Waals surface area contributed by atoms with Crippen LogP contribution in [0.1, 0.15) is 31.4 Å². The van der Waals surface area contributed by atoms with Crippen LogP contribution in [0.2, 0.25) is 0 Å². The molecule has 0 atom stereocenters. The third-order valence-electron chi connectivity index (χ3n) is 5.75. The first-order valence-electron chi connectivity index (χ1n) is 11.2. The van der Waals surface area contributed by atoms with E-state index in [1.807, 2.05) is 49.4 Å². The lowest BCUT2D eigenvalue weighted by molar-refractivity contribution is -0.121. The normalized spacial score (nSPS) is 11.9. The van der Waals surface area contributed by atoms with Gasteiger partial charge in [0.15, 0.2) is 9.84 Å². The summed E-state index contributed by atoms with van der Waals surface area (Å²) in [5, 5.41) is 3.60. The fourth-order valence-electron chi connectivity index (χ4n) is 3.85. The Balaban J connectivity index is 1.74. The minimum absolute atomic E-state index is 0.0706. The van der Waals surface area contributed by atoms with Gasteiger partial charge in [-0.3, -0.25) is 4.79 Å². The minimum atomic E-state index is -3.56. The number of aromatic nitrogens is 1. The second kappa shape index (κ2) is 10.8. The van der Waals surface area contributed by atoms with Crippen LogP contribution in [-0.2, 0) is 26.9 Å². The van der Waals surface area contributed by atoms with Crippen LogP contribution in [0.25, 0.3) is 10.9 Å². The van der Waals surface area contributed by atoms with Crippen LogP contribution in [0.3, 0.4) is 0 Å². The summed E-state index contributed by atoms with van der Waals surface area (Å²) in [6.45, 7) is 9.87. The lowest BCUT2D eigenvalue weighted by Crippen LogP contribution is -2.31. The van der Waals surface area contributed by atoms with Gasteiger partial charge in [0.05, 0.1) is 10.6 Å². The molecule has 0 fully saturated rings. The molecule has 7 heteroatoms. The number of nitrogens with one attached hydrogen (secondary N) is 1. The maximum atomic E-state index is 13.2. The second-order valence-corrected chi connectivity index (χ2v) is 10.1. The molecular weight excluding hydrogens is 422 g/mol. The Morgan fingerprint density at radius 1 is 1.03 bits per heavy atom. The van der Waals surface area contributed by atoms with E-state index in [1.54, 1.807) is 16.8 Å². The van der Waals surface area contributed by atoms with Crippen molar-refractivity contribution >= 4 is 26.6 Å². The SMILES string of the molecule is CCN(CC)CCCNC(=O)Cn1cc(S(=O)(=O)Cc2ccc(C)cc2)c2ccccc21. The molecule has 2 aromatic carbocycles. The van der Waals surface area contributed by atoms with Crippen molar-refractivity contribution in [3.05, 3.63) is 65.9 Å². The molecule has 0 spiro atoms. The molecule has 1 amide bonds. The van der Waals surface area contributed by atoms with Crippen molar-refractivity contribution in [1.29, 1.82) is 0 Å². The van der Waals surface area contributed by atoms with E-state index in [2.05, 4.69) is 24.1 Å². The highest BCUT2D eigenvalue weighted by molar-refractivity contribution is 7.90. The van der Waals surface area contributed by atoms with Gasteiger partial charge in [-0.15, -0.1) is 0 Å². The van der Waals surface area contributed by atoms with Crippen LogP contribution in [0.4, 0.5) is 0 Å². The minimum Gasteiger partial charge on any atom is -0.355 e. The van der Waals surface area contributed by atoms with E-state index in [9.17, 15) is 13.2 Å². The Kier molecular flexibility index (Phi) is 8.10. The Morgan fingerprint density at radius 3 is 2.41 bits per heavy atom. The van der Waals surface area contributed by atoms with Gasteiger partial charge in [-0.1, -0.05) is 61.9 Å². The maximum absolute atomic E-state index is 13.2. The Hall–Kier alpha value is -2.64. The molecule has 0 bridgehead atoms. The van der Waals surface area contributed by atoms with Crippen molar-refractivity contribution in [3.8, 4) is 0 Å². The molecule has 0 saturated heterocycles. The molecule has 1 heterocycles. The number of benzene rings is 2. The highest BCUT2D eigenvalue weighted by Crippen LogP contribution is 2.28. The quantitative estimate of drug-likeness (QED) is 0.447. The van der Waals surface area contributed by atoms with Crippen molar-refractivity contribution in [1.82, 2.24) is 14.8 Å². The molecule has 0 saturated carbocycles. The molecule has 0 aliphatic heterocycles. The first-order chi connectivity index (χ1) is 15.3. The Labute approximate surface area is 191 Å². The van der Waals surface area contributed by atoms with Crippen LogP contribution in [0, 0.1) is 6.92 Å². The van der Waals surface area contributed by atoms with E-state index >= 15 is 0 Å². The van der Waals surface area contributed by atoms with Gasteiger partial charge < -0.3 is 14.8 Å². The van der Waals surface area contributed by atoms with E-state index in [0.717, 1.165) is 42.7 Å². The highest BCUT2D eigenvalue weighted by Gasteiger charge is 2.22. The number of aryl methyl sites for hydroxylation is 1. The lowest BCUT2D eigenvalue weighted by atomic mass is 10.2. The molecule has 6 nitrogen and oxygen atoms in total. The fraction of sp³-hybridized carbons (Fsp3) is 0.400. The number of fused-ring (bicyclic) bond motifs is 1. The molecule has 172 valence electrons. The number of hydrogen-bond donors (Lipinski definition) is 1. The molecule has 32 heavy (non-hydrogen) atoms. The van der Waals surface area contributed by atoms with Crippen molar-refractivity contribution in [3.63, 3.8) is 0 Å². The van der Waals surface area contributed by atoms with Crippen LogP contribution in [0.5, 0.6) is 0 Å². The third-order valence-corrected chi connectivity index (χ3v) is 7.45. The maximum Gasteiger partial charge on any atom is 0.239 e. The third kappa shape index (κ3) is 5.99. The van der Waals surface area contributed by atoms with Gasteiger partial charge >= 0.3 is 0 Å². The number of rotatable bonds is 11. The molecule has 1 aromatic heterocycles. The van der Waals surface area contributed by atoms with E-state index in [4.69, 9.17) is 0 Å². The van der Waals surface area contributed by atoms with Crippen molar-refractivity contribution in [2.75, 3.05) is 26.2 Å². The van der Waals surface area contributed by atoms with Crippen LogP contribution < -0.4 is 5.32 Å². The highest BCUT2D eigenvalue weighted by atomic mass is 32.2. The van der Waals surface area contributed by atoms with Gasteiger partial charge in [0.1, 0.15) is 6.54 Å². The summed E-state index contributed by atoms with van der Waals surface area (Å²) in [5.41, 5.74) is 2.58. The van der Waals surface area contributed by atoms with Gasteiger partial charge in [0.25, 0.3) is 0 Å². The van der Waals surface area contributed by atoms with Gasteiger partial charge in [-0.25, -0.2) is 8.42 Å². The van der Waals surface area contributed by atoms with Crippen LogP contribution in [-0.4, -0.2) is 50.0 Å². The molecule has 0 aliphatic carbocycles. The number of para-hydroxylation sites is 1.